The van der Waals surface area contributed by atoms with Crippen LogP contribution in [0.25, 0.3) is 11.2 Å². The molecule has 1 unspecified atom stereocenters. The number of aromatic nitrogens is 4. The number of carbonyl (C=O) groups is 1. The number of hydrogen-bond donors (Lipinski definition) is 3. The topological polar surface area (TPSA) is 159 Å². The highest BCUT2D eigenvalue weighted by Gasteiger charge is 2.57. The molecule has 4 rings (SSSR count). The molecule has 0 amide bonds. The van der Waals surface area contributed by atoms with E-state index < -0.39 is 56.3 Å². The number of alkyl halides is 2. The maximum Gasteiger partial charge on any atom is 0.459 e. The molecule has 3 aromatic rings. The molecule has 40 heavy (non-hydrogen) atoms. The average molecular weight is 601 g/mol. The molecule has 0 bridgehead atoms. The third-order valence-electron chi connectivity index (χ3n) is 6.18. The molecule has 1 aliphatic rings. The molecule has 3 heterocycles. The summed E-state index contributed by atoms with van der Waals surface area (Å²) in [5.41, 5.74) is -1.22. The van der Waals surface area contributed by atoms with Crippen molar-refractivity contribution in [3.8, 4) is 5.75 Å². The van der Waals surface area contributed by atoms with Crippen molar-refractivity contribution in [2.75, 3.05) is 31.5 Å². The largest absolute Gasteiger partial charge is 0.465 e. The lowest BCUT2D eigenvalue weighted by Gasteiger charge is -2.31. The molecule has 3 N–H and O–H groups in total. The lowest BCUT2D eigenvalue weighted by atomic mass is 9.99. The Morgan fingerprint density at radius 1 is 1.35 bits per heavy atom. The predicted octanol–water partition coefficient (Wildman–Crippen LogP) is 3.13. The highest BCUT2D eigenvalue weighted by Crippen LogP contribution is 2.49. The van der Waals surface area contributed by atoms with Gasteiger partial charge in [-0.05, 0) is 32.9 Å². The SMILES string of the molecule is CCOC(=O)[C@H](C)NP(=O)(OC[C@@]1(CCl)O[C@@H](n2cnc3c(NC)nc(C)nc32)[C@@H](F)[C@@H]1O)Oc1ccccc1. The van der Waals surface area contributed by atoms with Crippen molar-refractivity contribution in [3.05, 3.63) is 42.5 Å². The van der Waals surface area contributed by atoms with Gasteiger partial charge in [0, 0.05) is 7.05 Å². The van der Waals surface area contributed by atoms with Gasteiger partial charge < -0.3 is 24.4 Å². The summed E-state index contributed by atoms with van der Waals surface area (Å²) in [5, 5.41) is 16.4. The molecule has 1 saturated heterocycles. The molecule has 16 heteroatoms. The van der Waals surface area contributed by atoms with E-state index in [9.17, 15) is 14.5 Å². The Bertz CT molecular complexity index is 1380. The second-order valence-corrected chi connectivity index (χ2v) is 11.0. The van der Waals surface area contributed by atoms with Gasteiger partial charge in [0.15, 0.2) is 29.4 Å². The molecule has 1 fully saturated rings. The normalized spacial score (nSPS) is 24.9. The molecule has 2 aromatic heterocycles. The molecular formula is C24H31ClFN6O7P. The zero-order valence-corrected chi connectivity index (χ0v) is 23.9. The first-order valence-electron chi connectivity index (χ1n) is 12.4. The minimum atomic E-state index is -4.34. The van der Waals surface area contributed by atoms with Crippen molar-refractivity contribution in [1.82, 2.24) is 24.6 Å². The molecule has 1 aliphatic heterocycles. The molecule has 6 atom stereocenters. The minimum Gasteiger partial charge on any atom is -0.465 e. The van der Waals surface area contributed by atoms with Gasteiger partial charge in [-0.25, -0.2) is 23.9 Å². The van der Waals surface area contributed by atoms with Crippen LogP contribution in [0.2, 0.25) is 0 Å². The van der Waals surface area contributed by atoms with E-state index in [4.69, 9.17) is 30.1 Å². The monoisotopic (exact) mass is 600 g/mol. The van der Waals surface area contributed by atoms with Crippen molar-refractivity contribution in [2.45, 2.75) is 50.9 Å². The van der Waals surface area contributed by atoms with E-state index in [1.807, 2.05) is 0 Å². The first-order valence-corrected chi connectivity index (χ1v) is 14.5. The lowest BCUT2D eigenvalue weighted by molar-refractivity contribution is -0.144. The molecule has 0 spiro atoms. The van der Waals surface area contributed by atoms with E-state index in [-0.39, 0.29) is 18.0 Å². The molecule has 0 radical (unpaired) electrons. The second-order valence-electron chi connectivity index (χ2n) is 9.07. The number of nitrogens with one attached hydrogen (secondary N) is 2. The second kappa shape index (κ2) is 12.3. The molecule has 1 aromatic carbocycles. The van der Waals surface area contributed by atoms with Gasteiger partial charge in [-0.2, -0.15) is 5.09 Å². The van der Waals surface area contributed by atoms with Gasteiger partial charge in [0.1, 0.15) is 29.3 Å². The minimum absolute atomic E-state index is 0.105. The highest BCUT2D eigenvalue weighted by molar-refractivity contribution is 7.52. The van der Waals surface area contributed by atoms with Crippen LogP contribution in [0.4, 0.5) is 10.2 Å². The quantitative estimate of drug-likeness (QED) is 0.159. The Labute approximate surface area is 234 Å². The van der Waals surface area contributed by atoms with Crippen LogP contribution in [0.15, 0.2) is 36.7 Å². The van der Waals surface area contributed by atoms with Crippen molar-refractivity contribution in [2.24, 2.45) is 0 Å². The number of fused-ring (bicyclic) bond motifs is 1. The van der Waals surface area contributed by atoms with Gasteiger partial charge in [-0.1, -0.05) is 18.2 Å². The van der Waals surface area contributed by atoms with Gasteiger partial charge in [0.2, 0.25) is 0 Å². The number of anilines is 1. The number of halogens is 2. The van der Waals surface area contributed by atoms with Crippen molar-refractivity contribution in [3.63, 3.8) is 0 Å². The number of imidazole rings is 1. The van der Waals surface area contributed by atoms with E-state index in [1.165, 1.54) is 30.0 Å². The predicted molar refractivity (Wildman–Crippen MR) is 144 cm³/mol. The van der Waals surface area contributed by atoms with E-state index in [1.54, 1.807) is 39.1 Å². The number of rotatable bonds is 12. The summed E-state index contributed by atoms with van der Waals surface area (Å²) in [6, 6.07) is 7.00. The van der Waals surface area contributed by atoms with Gasteiger partial charge in [-0.3, -0.25) is 13.9 Å². The molecule has 13 nitrogen and oxygen atoms in total. The molecule has 218 valence electrons. The number of ether oxygens (including phenoxy) is 2. The summed E-state index contributed by atoms with van der Waals surface area (Å²) in [4.78, 5) is 25.1. The summed E-state index contributed by atoms with van der Waals surface area (Å²) in [6.45, 7) is 4.16. The number of benzene rings is 1. The Morgan fingerprint density at radius 3 is 2.73 bits per heavy atom. The fraction of sp³-hybridized carbons (Fsp3) is 0.500. The fourth-order valence-electron chi connectivity index (χ4n) is 4.15. The summed E-state index contributed by atoms with van der Waals surface area (Å²) in [6.07, 6.45) is -3.87. The van der Waals surface area contributed by atoms with Gasteiger partial charge in [0.05, 0.1) is 25.4 Å². The number of nitrogens with zero attached hydrogens (tertiary/aromatic N) is 4. The summed E-state index contributed by atoms with van der Waals surface area (Å²) < 4.78 is 53.0. The van der Waals surface area contributed by atoms with Crippen LogP contribution < -0.4 is 14.9 Å². The highest BCUT2D eigenvalue weighted by atomic mass is 35.5. The van der Waals surface area contributed by atoms with Crippen LogP contribution in [0, 0.1) is 6.92 Å². The lowest BCUT2D eigenvalue weighted by Crippen LogP contribution is -2.48. The van der Waals surface area contributed by atoms with Crippen LogP contribution in [0.1, 0.15) is 25.9 Å². The first-order chi connectivity index (χ1) is 19.1. The van der Waals surface area contributed by atoms with E-state index in [0.717, 1.165) is 0 Å². The van der Waals surface area contributed by atoms with Crippen molar-refractivity contribution in [1.29, 1.82) is 0 Å². The molecular weight excluding hydrogens is 570 g/mol. The zero-order chi connectivity index (χ0) is 29.1. The summed E-state index contributed by atoms with van der Waals surface area (Å²) in [7, 11) is -2.67. The van der Waals surface area contributed by atoms with Crippen LogP contribution in [-0.2, 0) is 23.4 Å². The summed E-state index contributed by atoms with van der Waals surface area (Å²) in [5.74, 6) is -0.125. The van der Waals surface area contributed by atoms with E-state index in [2.05, 4.69) is 25.4 Å². The number of para-hydroxylation sites is 1. The van der Waals surface area contributed by atoms with Crippen LogP contribution >= 0.6 is 19.3 Å². The molecule has 0 saturated carbocycles. The van der Waals surface area contributed by atoms with Crippen LogP contribution in [0.5, 0.6) is 5.75 Å². The maximum absolute atomic E-state index is 15.6. The van der Waals surface area contributed by atoms with Gasteiger partial charge >= 0.3 is 13.7 Å². The first kappa shape index (κ1) is 30.1. The van der Waals surface area contributed by atoms with Crippen molar-refractivity contribution < 1.29 is 37.4 Å². The van der Waals surface area contributed by atoms with E-state index >= 15 is 4.39 Å². The maximum atomic E-state index is 15.6. The fourth-order valence-corrected chi connectivity index (χ4v) is 5.99. The van der Waals surface area contributed by atoms with Gasteiger partial charge in [-0.15, -0.1) is 11.6 Å². The standard InChI is InChI=1S/C24H31ClFN6O7P/c1-5-36-23(34)14(2)31-40(35,39-16-9-7-6-8-10-16)37-12-24(11-25)19(33)17(26)22(38-24)32-13-28-18-20(27-4)29-15(3)30-21(18)32/h6-10,13-14,17,19,22,33H,5,11-12H2,1-4H3,(H,31,35)(H,27,29,30)/t14-,17-,19-,22+,24+,40?/m0/s1. The van der Waals surface area contributed by atoms with Crippen LogP contribution in [-0.4, -0.2) is 80.7 Å². The Balaban J connectivity index is 1.61. The van der Waals surface area contributed by atoms with Crippen molar-refractivity contribution >= 4 is 42.3 Å². The Morgan fingerprint density at radius 2 is 2.08 bits per heavy atom. The number of esters is 1. The smallest absolute Gasteiger partial charge is 0.459 e. The van der Waals surface area contributed by atoms with Gasteiger partial charge in [0.25, 0.3) is 0 Å². The molecule has 0 aliphatic carbocycles. The third kappa shape index (κ3) is 6.07. The zero-order valence-electron chi connectivity index (χ0n) is 22.3. The Kier molecular flexibility index (Phi) is 9.28. The number of aliphatic hydroxyl groups excluding tert-OH is 1. The van der Waals surface area contributed by atoms with E-state index in [0.29, 0.717) is 17.2 Å². The third-order valence-corrected chi connectivity index (χ3v) is 8.25. The Hall–Kier alpha value is -2.87. The number of carbonyl (C=O) groups excluding carboxylic acids is 1. The number of hydrogen-bond acceptors (Lipinski definition) is 11. The number of aryl methyl sites for hydroxylation is 1. The average Bonchev–Trinajstić information content (AvgIpc) is 3.46. The number of aliphatic hydroxyl groups is 1. The summed E-state index contributed by atoms with van der Waals surface area (Å²) >= 11 is 6.21. The van der Waals surface area contributed by atoms with Crippen LogP contribution in [0.3, 0.4) is 0 Å².